The number of hydrogen-bond acceptors (Lipinski definition) is 4. The average molecular weight is 395 g/mol. The molecule has 26 heavy (non-hydrogen) atoms. The molecule has 1 aromatic rings. The van der Waals surface area contributed by atoms with E-state index < -0.39 is 40.6 Å². The molecule has 1 atom stereocenters. The molecule has 2 amide bonds. The highest BCUT2D eigenvalue weighted by Gasteiger charge is 2.28. The minimum absolute atomic E-state index is 0.123. The molecule has 0 saturated carbocycles. The Balaban J connectivity index is 2.77. The molecule has 0 aliphatic rings. The minimum atomic E-state index is -4.54. The van der Waals surface area contributed by atoms with Gasteiger partial charge in [0.25, 0.3) is 5.91 Å². The molecule has 0 spiro atoms. The number of alkyl halides is 3. The third-order valence-corrected chi connectivity index (χ3v) is 4.71. The normalized spacial score (nSPS) is 13.1. The van der Waals surface area contributed by atoms with E-state index >= 15 is 0 Å². The summed E-state index contributed by atoms with van der Waals surface area (Å²) in [5, 5.41) is 4.23. The Labute approximate surface area is 149 Å². The molecule has 1 rings (SSSR count). The van der Waals surface area contributed by atoms with Crippen molar-refractivity contribution >= 4 is 21.8 Å². The van der Waals surface area contributed by atoms with E-state index in [1.807, 2.05) is 6.92 Å². The molecule has 0 unspecified atom stereocenters. The maximum absolute atomic E-state index is 12.2. The number of carbonyl (C=O) groups is 2. The zero-order valence-corrected chi connectivity index (χ0v) is 15.0. The lowest BCUT2D eigenvalue weighted by molar-refractivity contribution is -0.123. The zero-order valence-electron chi connectivity index (χ0n) is 14.2. The summed E-state index contributed by atoms with van der Waals surface area (Å²) in [4.78, 5) is 23.1. The van der Waals surface area contributed by atoms with Crippen LogP contribution in [-0.4, -0.2) is 45.5 Å². The third kappa shape index (κ3) is 7.00. The highest BCUT2D eigenvalue weighted by atomic mass is 32.2. The van der Waals surface area contributed by atoms with Crippen LogP contribution >= 0.6 is 0 Å². The highest BCUT2D eigenvalue weighted by Crippen LogP contribution is 2.14. The summed E-state index contributed by atoms with van der Waals surface area (Å²) in [6.07, 6.45) is -3.85. The molecule has 0 radical (unpaired) electrons. The maximum Gasteiger partial charge on any atom is 0.405 e. The first-order valence-electron chi connectivity index (χ1n) is 7.71. The molecule has 0 aromatic heterocycles. The first-order valence-corrected chi connectivity index (χ1v) is 9.19. The van der Waals surface area contributed by atoms with Gasteiger partial charge < -0.3 is 10.6 Å². The summed E-state index contributed by atoms with van der Waals surface area (Å²) in [5.41, 5.74) is -0.123. The van der Waals surface area contributed by atoms with Crippen molar-refractivity contribution in [2.24, 2.45) is 0 Å². The van der Waals surface area contributed by atoms with Crippen molar-refractivity contribution in [2.75, 3.05) is 13.1 Å². The molecule has 146 valence electrons. The molecular weight excluding hydrogens is 375 g/mol. The van der Waals surface area contributed by atoms with Crippen LogP contribution in [0.1, 0.15) is 30.6 Å². The van der Waals surface area contributed by atoms with E-state index in [1.165, 1.54) is 6.92 Å². The van der Waals surface area contributed by atoms with E-state index in [4.69, 9.17) is 0 Å². The zero-order chi connectivity index (χ0) is 20.0. The van der Waals surface area contributed by atoms with Crippen LogP contribution in [0.3, 0.4) is 0 Å². The number of halogens is 3. The number of carbonyl (C=O) groups excluding carboxylic acids is 2. The summed E-state index contributed by atoms with van der Waals surface area (Å²) < 4.78 is 62.9. The van der Waals surface area contributed by atoms with Gasteiger partial charge in [-0.1, -0.05) is 6.92 Å². The van der Waals surface area contributed by atoms with E-state index in [0.717, 1.165) is 24.3 Å². The molecule has 0 fully saturated rings. The first kappa shape index (κ1) is 21.9. The Hall–Kier alpha value is -2.14. The van der Waals surface area contributed by atoms with Gasteiger partial charge in [-0.25, -0.2) is 8.42 Å². The van der Waals surface area contributed by atoms with Gasteiger partial charge in [-0.05, 0) is 37.6 Å². The first-order chi connectivity index (χ1) is 12.0. The van der Waals surface area contributed by atoms with Gasteiger partial charge in [0.05, 0.1) is 10.9 Å². The molecular formula is C15H20F3N3O4S. The number of hydrogen-bond donors (Lipinski definition) is 3. The van der Waals surface area contributed by atoms with Crippen LogP contribution in [0.25, 0.3) is 0 Å². The standard InChI is InChI=1S/C15H20F3N3O4S/c1-3-8-19-13(22)10(2)21-26(24,25)12-6-4-11(5-7-12)14(23)20-9-15(16,17)18/h4-7,10,21H,3,8-9H2,1-2H3,(H,19,22)(H,20,23)/t10-/m1/s1. The SMILES string of the molecule is CCCNC(=O)[C@@H](C)NS(=O)(=O)c1ccc(C(=O)NCC(F)(F)F)cc1. The molecule has 0 aliphatic heterocycles. The lowest BCUT2D eigenvalue weighted by atomic mass is 10.2. The fourth-order valence-corrected chi connectivity index (χ4v) is 3.03. The van der Waals surface area contributed by atoms with Crippen LogP contribution in [0, 0.1) is 0 Å². The summed E-state index contributed by atoms with van der Waals surface area (Å²) in [6.45, 7) is 2.15. The van der Waals surface area contributed by atoms with Gasteiger partial charge in [-0.2, -0.15) is 17.9 Å². The van der Waals surface area contributed by atoms with Gasteiger partial charge in [-0.3, -0.25) is 9.59 Å². The molecule has 1 aromatic carbocycles. The van der Waals surface area contributed by atoms with Crippen molar-refractivity contribution in [2.45, 2.75) is 37.4 Å². The van der Waals surface area contributed by atoms with E-state index in [9.17, 15) is 31.2 Å². The smallest absolute Gasteiger partial charge is 0.355 e. The van der Waals surface area contributed by atoms with E-state index in [2.05, 4.69) is 10.0 Å². The van der Waals surface area contributed by atoms with Gasteiger partial charge in [0.1, 0.15) is 6.54 Å². The predicted octanol–water partition coefficient (Wildman–Crippen LogP) is 1.17. The second-order valence-corrected chi connectivity index (χ2v) is 7.17. The Morgan fingerprint density at radius 1 is 1.12 bits per heavy atom. The second-order valence-electron chi connectivity index (χ2n) is 5.46. The third-order valence-electron chi connectivity index (χ3n) is 3.15. The molecule has 7 nitrogen and oxygen atoms in total. The van der Waals surface area contributed by atoms with Gasteiger partial charge in [0, 0.05) is 12.1 Å². The van der Waals surface area contributed by atoms with Crippen molar-refractivity contribution < 1.29 is 31.2 Å². The Kier molecular flexibility index (Phi) is 7.57. The largest absolute Gasteiger partial charge is 0.405 e. The van der Waals surface area contributed by atoms with E-state index in [1.54, 1.807) is 5.32 Å². The Morgan fingerprint density at radius 3 is 2.19 bits per heavy atom. The number of sulfonamides is 1. The fourth-order valence-electron chi connectivity index (χ4n) is 1.82. The molecule has 0 bridgehead atoms. The van der Waals surface area contributed by atoms with Gasteiger partial charge in [-0.15, -0.1) is 0 Å². The fraction of sp³-hybridized carbons (Fsp3) is 0.467. The van der Waals surface area contributed by atoms with Crippen LogP contribution in [-0.2, 0) is 14.8 Å². The van der Waals surface area contributed by atoms with Crippen molar-refractivity contribution in [3.63, 3.8) is 0 Å². The van der Waals surface area contributed by atoms with Crippen LogP contribution in [0.4, 0.5) is 13.2 Å². The predicted molar refractivity (Wildman–Crippen MR) is 87.9 cm³/mol. The van der Waals surface area contributed by atoms with E-state index in [0.29, 0.717) is 13.0 Å². The van der Waals surface area contributed by atoms with Crippen LogP contribution < -0.4 is 15.4 Å². The quantitative estimate of drug-likeness (QED) is 0.615. The number of rotatable bonds is 8. The van der Waals surface area contributed by atoms with Crippen molar-refractivity contribution in [3.05, 3.63) is 29.8 Å². The maximum atomic E-state index is 12.2. The molecule has 0 saturated heterocycles. The number of nitrogens with one attached hydrogen (secondary N) is 3. The molecule has 11 heteroatoms. The minimum Gasteiger partial charge on any atom is -0.355 e. The number of amides is 2. The lowest BCUT2D eigenvalue weighted by Crippen LogP contribution is -2.44. The van der Waals surface area contributed by atoms with E-state index in [-0.39, 0.29) is 10.5 Å². The Bertz CT molecular complexity index is 733. The van der Waals surface area contributed by atoms with Gasteiger partial charge >= 0.3 is 6.18 Å². The molecule has 0 heterocycles. The van der Waals surface area contributed by atoms with Crippen molar-refractivity contribution in [1.82, 2.24) is 15.4 Å². The summed E-state index contributed by atoms with van der Waals surface area (Å²) in [5.74, 6) is -1.47. The monoisotopic (exact) mass is 395 g/mol. The lowest BCUT2D eigenvalue weighted by Gasteiger charge is -2.14. The molecule has 0 aliphatic carbocycles. The average Bonchev–Trinajstić information content (AvgIpc) is 2.56. The van der Waals surface area contributed by atoms with Crippen molar-refractivity contribution in [3.8, 4) is 0 Å². The summed E-state index contributed by atoms with van der Waals surface area (Å²) in [6, 6.07) is 3.30. The van der Waals surface area contributed by atoms with Crippen LogP contribution in [0.15, 0.2) is 29.2 Å². The van der Waals surface area contributed by atoms with Crippen LogP contribution in [0.5, 0.6) is 0 Å². The summed E-state index contributed by atoms with van der Waals surface area (Å²) in [7, 11) is -4.03. The second kappa shape index (κ2) is 8.99. The van der Waals surface area contributed by atoms with Crippen LogP contribution in [0.2, 0.25) is 0 Å². The Morgan fingerprint density at radius 2 is 1.69 bits per heavy atom. The highest BCUT2D eigenvalue weighted by molar-refractivity contribution is 7.89. The topological polar surface area (TPSA) is 104 Å². The van der Waals surface area contributed by atoms with Gasteiger partial charge in [0.2, 0.25) is 15.9 Å². The summed E-state index contributed by atoms with van der Waals surface area (Å²) >= 11 is 0. The molecule has 3 N–H and O–H groups in total. The van der Waals surface area contributed by atoms with Crippen molar-refractivity contribution in [1.29, 1.82) is 0 Å². The number of benzene rings is 1. The van der Waals surface area contributed by atoms with Gasteiger partial charge in [0.15, 0.2) is 0 Å².